The largest absolute Gasteiger partial charge is 0.378 e. The van der Waals surface area contributed by atoms with Gasteiger partial charge in [0, 0.05) is 36.7 Å². The summed E-state index contributed by atoms with van der Waals surface area (Å²) in [4.78, 5) is 34.6. The van der Waals surface area contributed by atoms with Crippen molar-refractivity contribution in [2.75, 3.05) is 36.5 Å². The van der Waals surface area contributed by atoms with E-state index in [1.54, 1.807) is 0 Å². The first-order chi connectivity index (χ1) is 12.2. The topological polar surface area (TPSA) is 84.4 Å². The number of rotatable bonds is 3. The minimum atomic E-state index is -0.301. The summed E-state index contributed by atoms with van der Waals surface area (Å²) in [5, 5.41) is 3.02. The number of fused-ring (bicyclic) bond motifs is 1. The van der Waals surface area contributed by atoms with Gasteiger partial charge >= 0.3 is 0 Å². The Morgan fingerprint density at radius 2 is 1.84 bits per heavy atom. The van der Waals surface area contributed by atoms with Crippen molar-refractivity contribution in [2.45, 2.75) is 0 Å². The molecule has 0 saturated carbocycles. The second kappa shape index (κ2) is 6.45. The zero-order chi connectivity index (χ0) is 17.2. The van der Waals surface area contributed by atoms with Gasteiger partial charge in [-0.2, -0.15) is 0 Å². The van der Waals surface area contributed by atoms with Gasteiger partial charge in [0.25, 0.3) is 0 Å². The fourth-order valence-electron chi connectivity index (χ4n) is 2.93. The highest BCUT2D eigenvalue weighted by molar-refractivity contribution is 6.24. The average Bonchev–Trinajstić information content (AvgIpc) is 2.67. The van der Waals surface area contributed by atoms with Crippen LogP contribution < -0.4 is 10.2 Å². The molecule has 7 heteroatoms. The fraction of sp³-hybridized carbons (Fsp3) is 0.222. The van der Waals surface area contributed by atoms with Crippen molar-refractivity contribution in [3.05, 3.63) is 59.8 Å². The molecule has 1 aliphatic heterocycles. The van der Waals surface area contributed by atoms with Crippen molar-refractivity contribution >= 4 is 22.9 Å². The lowest BCUT2D eigenvalue weighted by molar-refractivity contribution is 0.0981. The van der Waals surface area contributed by atoms with E-state index in [4.69, 9.17) is 4.74 Å². The molecule has 1 aliphatic carbocycles. The highest BCUT2D eigenvalue weighted by atomic mass is 16.5. The number of carbonyl (C=O) groups is 2. The summed E-state index contributed by atoms with van der Waals surface area (Å²) < 4.78 is 5.35. The van der Waals surface area contributed by atoms with Crippen LogP contribution in [0.3, 0.4) is 0 Å². The van der Waals surface area contributed by atoms with Crippen molar-refractivity contribution in [2.24, 2.45) is 0 Å². The highest BCUT2D eigenvalue weighted by Gasteiger charge is 2.27. The van der Waals surface area contributed by atoms with Crippen molar-refractivity contribution in [3.63, 3.8) is 0 Å². The first-order valence-electron chi connectivity index (χ1n) is 8.03. The van der Waals surface area contributed by atoms with Crippen LogP contribution in [0.1, 0.15) is 20.8 Å². The zero-order valence-electron chi connectivity index (χ0n) is 13.4. The van der Waals surface area contributed by atoms with Gasteiger partial charge in [-0.3, -0.25) is 9.59 Å². The van der Waals surface area contributed by atoms with Gasteiger partial charge in [0.15, 0.2) is 0 Å². The number of aromatic nitrogens is 2. The summed E-state index contributed by atoms with van der Waals surface area (Å²) in [6.07, 6.45) is 3.92. The molecule has 0 amide bonds. The Kier molecular flexibility index (Phi) is 3.99. The average molecular weight is 336 g/mol. The number of nitrogens with zero attached hydrogens (tertiary/aromatic N) is 3. The quantitative estimate of drug-likeness (QED) is 0.913. The van der Waals surface area contributed by atoms with Gasteiger partial charge in [0.2, 0.25) is 11.6 Å². The Labute approximate surface area is 144 Å². The number of ketones is 2. The first kappa shape index (κ1) is 15.5. The Morgan fingerprint density at radius 3 is 2.60 bits per heavy atom. The molecule has 1 N–H and O–H groups in total. The van der Waals surface area contributed by atoms with E-state index < -0.39 is 0 Å². The van der Waals surface area contributed by atoms with Gasteiger partial charge in [0.05, 0.1) is 24.5 Å². The molecule has 0 spiro atoms. The van der Waals surface area contributed by atoms with Gasteiger partial charge < -0.3 is 15.0 Å². The number of hydrogen-bond acceptors (Lipinski definition) is 7. The van der Waals surface area contributed by atoms with Gasteiger partial charge in [-0.05, 0) is 24.3 Å². The molecule has 0 unspecified atom stereocenters. The Balaban J connectivity index is 1.52. The Hall–Kier alpha value is -3.06. The molecular formula is C18H16N4O3. The molecular weight excluding hydrogens is 320 g/mol. The predicted molar refractivity (Wildman–Crippen MR) is 91.9 cm³/mol. The van der Waals surface area contributed by atoms with Crippen LogP contribution in [-0.2, 0) is 4.74 Å². The summed E-state index contributed by atoms with van der Waals surface area (Å²) >= 11 is 0. The maximum Gasteiger partial charge on any atom is 0.213 e. The number of benzene rings is 1. The Bertz CT molecular complexity index is 855. The zero-order valence-corrected chi connectivity index (χ0v) is 13.4. The number of anilines is 2. The molecule has 1 aromatic carbocycles. The maximum atomic E-state index is 12.5. The van der Waals surface area contributed by atoms with Crippen LogP contribution in [0.4, 0.5) is 11.4 Å². The minimum absolute atomic E-state index is 0.146. The second-order valence-electron chi connectivity index (χ2n) is 5.81. The molecule has 126 valence electrons. The van der Waals surface area contributed by atoms with Crippen LogP contribution in [0.2, 0.25) is 0 Å². The van der Waals surface area contributed by atoms with Crippen LogP contribution in [0.25, 0.3) is 0 Å². The van der Waals surface area contributed by atoms with E-state index >= 15 is 0 Å². The standard InChI is InChI=1S/C18H16N4O3/c23-16-9-15(18(24)14-10-19-11-20-17(14)16)21-12-1-3-13(4-2-12)22-5-7-25-8-6-22/h1-4,9-11,21H,5-8H2. The minimum Gasteiger partial charge on any atom is -0.378 e. The summed E-state index contributed by atoms with van der Waals surface area (Å²) in [5.74, 6) is -0.586. The molecule has 2 aromatic rings. The van der Waals surface area contributed by atoms with E-state index in [9.17, 15) is 9.59 Å². The molecule has 2 heterocycles. The number of ether oxygens (including phenoxy) is 1. The second-order valence-corrected chi connectivity index (χ2v) is 5.81. The normalized spacial score (nSPS) is 17.1. The van der Waals surface area contributed by atoms with Gasteiger partial charge in [-0.1, -0.05) is 0 Å². The van der Waals surface area contributed by atoms with Crippen molar-refractivity contribution in [3.8, 4) is 0 Å². The molecule has 0 atom stereocenters. The van der Waals surface area contributed by atoms with Crippen LogP contribution in [0, 0.1) is 0 Å². The highest BCUT2D eigenvalue weighted by Crippen LogP contribution is 2.23. The maximum absolute atomic E-state index is 12.5. The molecule has 1 fully saturated rings. The van der Waals surface area contributed by atoms with E-state index in [1.807, 2.05) is 24.3 Å². The molecule has 4 rings (SSSR count). The predicted octanol–water partition coefficient (Wildman–Crippen LogP) is 1.69. The molecule has 1 saturated heterocycles. The first-order valence-corrected chi connectivity index (χ1v) is 8.03. The van der Waals surface area contributed by atoms with E-state index in [-0.39, 0.29) is 28.5 Å². The van der Waals surface area contributed by atoms with E-state index in [2.05, 4.69) is 20.2 Å². The lowest BCUT2D eigenvalue weighted by Crippen LogP contribution is -2.36. The smallest absolute Gasteiger partial charge is 0.213 e. The van der Waals surface area contributed by atoms with Crippen LogP contribution in [-0.4, -0.2) is 47.8 Å². The van der Waals surface area contributed by atoms with E-state index in [0.717, 1.165) is 37.7 Å². The Morgan fingerprint density at radius 1 is 1.08 bits per heavy atom. The van der Waals surface area contributed by atoms with Crippen LogP contribution in [0.5, 0.6) is 0 Å². The molecule has 0 bridgehead atoms. The number of hydrogen-bond donors (Lipinski definition) is 1. The summed E-state index contributed by atoms with van der Waals surface area (Å²) in [6, 6.07) is 7.75. The molecule has 7 nitrogen and oxygen atoms in total. The van der Waals surface area contributed by atoms with Crippen molar-refractivity contribution in [1.82, 2.24) is 9.97 Å². The van der Waals surface area contributed by atoms with Gasteiger partial charge in [-0.25, -0.2) is 9.97 Å². The monoisotopic (exact) mass is 336 g/mol. The SMILES string of the molecule is O=C1C(Nc2ccc(N3CCOCC3)cc2)=CC(=O)c2ncncc21. The van der Waals surface area contributed by atoms with Crippen LogP contribution in [0.15, 0.2) is 48.6 Å². The molecule has 0 radical (unpaired) electrons. The van der Waals surface area contributed by atoms with Gasteiger partial charge in [-0.15, -0.1) is 0 Å². The van der Waals surface area contributed by atoms with Crippen molar-refractivity contribution in [1.29, 1.82) is 0 Å². The number of morpholine rings is 1. The van der Waals surface area contributed by atoms with E-state index in [0.29, 0.717) is 0 Å². The number of nitrogens with one attached hydrogen (secondary N) is 1. The van der Waals surface area contributed by atoms with Crippen LogP contribution >= 0.6 is 0 Å². The summed E-state index contributed by atoms with van der Waals surface area (Å²) in [7, 11) is 0. The van der Waals surface area contributed by atoms with Crippen molar-refractivity contribution < 1.29 is 14.3 Å². The number of carbonyl (C=O) groups excluding carboxylic acids is 2. The number of Topliss-reactive ketones (excluding diaryl/α,β-unsaturated/α-hetero) is 1. The number of allylic oxidation sites excluding steroid dienone is 2. The molecule has 1 aromatic heterocycles. The molecule has 2 aliphatic rings. The lowest BCUT2D eigenvalue weighted by atomic mass is 9.98. The third-order valence-electron chi connectivity index (χ3n) is 4.23. The third-order valence-corrected chi connectivity index (χ3v) is 4.23. The van der Waals surface area contributed by atoms with E-state index in [1.165, 1.54) is 18.6 Å². The third kappa shape index (κ3) is 3.01. The summed E-state index contributed by atoms with van der Waals surface area (Å²) in [5.41, 5.74) is 2.44. The fourth-order valence-corrected chi connectivity index (χ4v) is 2.93. The lowest BCUT2D eigenvalue weighted by Gasteiger charge is -2.29. The molecule has 25 heavy (non-hydrogen) atoms. The summed E-state index contributed by atoms with van der Waals surface area (Å²) in [6.45, 7) is 3.18. The van der Waals surface area contributed by atoms with Gasteiger partial charge in [0.1, 0.15) is 12.0 Å².